The van der Waals surface area contributed by atoms with Crippen LogP contribution in [0.2, 0.25) is 0 Å². The van der Waals surface area contributed by atoms with Crippen LogP contribution in [0.15, 0.2) is 23.2 Å². The van der Waals surface area contributed by atoms with E-state index in [1.54, 1.807) is 23.9 Å². The third-order valence-corrected chi connectivity index (χ3v) is 3.65. The first kappa shape index (κ1) is 11.5. The van der Waals surface area contributed by atoms with Crippen molar-refractivity contribution in [1.82, 2.24) is 0 Å². The number of thioether (sulfide) groups is 1. The lowest BCUT2D eigenvalue weighted by Crippen LogP contribution is -2.15. The highest BCUT2D eigenvalue weighted by Gasteiger charge is 2.25. The highest BCUT2D eigenvalue weighted by atomic mass is 32.2. The molecule has 1 heterocycles. The highest BCUT2D eigenvalue weighted by molar-refractivity contribution is 8.14. The number of aliphatic imine (C=N–C) groups is 1. The van der Waals surface area contributed by atoms with Crippen LogP contribution in [0.4, 0.5) is 10.1 Å². The van der Waals surface area contributed by atoms with Crippen molar-refractivity contribution in [3.63, 3.8) is 0 Å². The molecule has 0 atom stereocenters. The zero-order valence-corrected chi connectivity index (χ0v) is 10.5. The van der Waals surface area contributed by atoms with Gasteiger partial charge in [-0.05, 0) is 38.5 Å². The Kier molecular flexibility index (Phi) is 2.93. The summed E-state index contributed by atoms with van der Waals surface area (Å²) < 4.78 is 13.5. The SMILES string of the molecule is Cc1ccc(F)c(NC2=NC(C)(C)CS2)c1. The van der Waals surface area contributed by atoms with E-state index in [0.717, 1.165) is 16.5 Å². The molecule has 0 amide bonds. The van der Waals surface area contributed by atoms with Crippen LogP contribution in [0.5, 0.6) is 0 Å². The molecular formula is C12H15FN2S. The van der Waals surface area contributed by atoms with Gasteiger partial charge in [0.05, 0.1) is 11.2 Å². The number of hydrogen-bond acceptors (Lipinski definition) is 3. The molecule has 1 aromatic carbocycles. The smallest absolute Gasteiger partial charge is 0.161 e. The van der Waals surface area contributed by atoms with Gasteiger partial charge in [0, 0.05) is 5.75 Å². The lowest BCUT2D eigenvalue weighted by molar-refractivity contribution is 0.604. The number of amidine groups is 1. The fraction of sp³-hybridized carbons (Fsp3) is 0.417. The second kappa shape index (κ2) is 4.09. The summed E-state index contributed by atoms with van der Waals surface area (Å²) in [5.41, 5.74) is 1.49. The number of nitrogens with zero attached hydrogens (tertiary/aromatic N) is 1. The van der Waals surface area contributed by atoms with Gasteiger partial charge in [0.15, 0.2) is 5.17 Å². The molecule has 1 aliphatic rings. The van der Waals surface area contributed by atoms with E-state index in [0.29, 0.717) is 5.69 Å². The van der Waals surface area contributed by atoms with E-state index in [9.17, 15) is 4.39 Å². The van der Waals surface area contributed by atoms with E-state index in [1.165, 1.54) is 6.07 Å². The first-order chi connectivity index (χ1) is 7.46. The van der Waals surface area contributed by atoms with Crippen LogP contribution in [-0.4, -0.2) is 16.5 Å². The predicted octanol–water partition coefficient (Wildman–Crippen LogP) is 3.43. The van der Waals surface area contributed by atoms with Crippen LogP contribution in [0.3, 0.4) is 0 Å². The minimum Gasteiger partial charge on any atom is -0.333 e. The van der Waals surface area contributed by atoms with Crippen molar-refractivity contribution in [2.45, 2.75) is 26.3 Å². The Morgan fingerprint density at radius 2 is 2.19 bits per heavy atom. The van der Waals surface area contributed by atoms with E-state index in [4.69, 9.17) is 0 Å². The van der Waals surface area contributed by atoms with Crippen molar-refractivity contribution in [2.75, 3.05) is 11.1 Å². The number of nitrogens with one attached hydrogen (secondary N) is 1. The maximum atomic E-state index is 13.5. The van der Waals surface area contributed by atoms with Gasteiger partial charge in [-0.1, -0.05) is 17.8 Å². The van der Waals surface area contributed by atoms with Crippen LogP contribution >= 0.6 is 11.8 Å². The number of hydrogen-bond donors (Lipinski definition) is 1. The molecule has 0 saturated heterocycles. The van der Waals surface area contributed by atoms with Crippen molar-refractivity contribution in [3.05, 3.63) is 29.6 Å². The van der Waals surface area contributed by atoms with E-state index < -0.39 is 0 Å². The Morgan fingerprint density at radius 1 is 1.44 bits per heavy atom. The molecule has 1 aromatic rings. The average Bonchev–Trinajstić information content (AvgIpc) is 2.52. The van der Waals surface area contributed by atoms with Gasteiger partial charge in [0.1, 0.15) is 5.82 Å². The molecule has 0 saturated carbocycles. The monoisotopic (exact) mass is 238 g/mol. The Labute approximate surface area is 99.3 Å². The summed E-state index contributed by atoms with van der Waals surface area (Å²) >= 11 is 1.63. The van der Waals surface area contributed by atoms with Gasteiger partial charge in [-0.3, -0.25) is 4.99 Å². The van der Waals surface area contributed by atoms with Crippen molar-refractivity contribution >= 4 is 22.6 Å². The number of rotatable bonds is 1. The molecule has 1 aliphatic heterocycles. The molecule has 0 aliphatic carbocycles. The average molecular weight is 238 g/mol. The Hall–Kier alpha value is -1.03. The van der Waals surface area contributed by atoms with Crippen molar-refractivity contribution in [2.24, 2.45) is 4.99 Å². The molecule has 1 N–H and O–H groups in total. The molecule has 0 unspecified atom stereocenters. The summed E-state index contributed by atoms with van der Waals surface area (Å²) in [6, 6.07) is 5.03. The Bertz CT molecular complexity index is 441. The van der Waals surface area contributed by atoms with Crippen LogP contribution in [-0.2, 0) is 0 Å². The van der Waals surface area contributed by atoms with Gasteiger partial charge in [-0.2, -0.15) is 0 Å². The fourth-order valence-electron chi connectivity index (χ4n) is 1.50. The summed E-state index contributed by atoms with van der Waals surface area (Å²) in [5.74, 6) is 0.696. The summed E-state index contributed by atoms with van der Waals surface area (Å²) in [5, 5.41) is 3.84. The molecule has 16 heavy (non-hydrogen) atoms. The van der Waals surface area contributed by atoms with Crippen molar-refractivity contribution < 1.29 is 4.39 Å². The maximum Gasteiger partial charge on any atom is 0.161 e. The van der Waals surface area contributed by atoms with Gasteiger partial charge in [0.25, 0.3) is 0 Å². The lowest BCUT2D eigenvalue weighted by Gasteiger charge is -2.09. The number of anilines is 1. The highest BCUT2D eigenvalue weighted by Crippen LogP contribution is 2.28. The molecule has 0 fully saturated rings. The van der Waals surface area contributed by atoms with Gasteiger partial charge in [0.2, 0.25) is 0 Å². The molecule has 0 spiro atoms. The predicted molar refractivity (Wildman–Crippen MR) is 68.7 cm³/mol. The van der Waals surface area contributed by atoms with E-state index in [2.05, 4.69) is 24.2 Å². The van der Waals surface area contributed by atoms with Crippen LogP contribution in [0, 0.1) is 12.7 Å². The molecule has 2 rings (SSSR count). The summed E-state index contributed by atoms with van der Waals surface area (Å²) in [4.78, 5) is 4.49. The van der Waals surface area contributed by atoms with Crippen LogP contribution < -0.4 is 5.32 Å². The largest absolute Gasteiger partial charge is 0.333 e. The van der Waals surface area contributed by atoms with E-state index in [1.807, 2.05) is 6.92 Å². The molecule has 0 aromatic heterocycles. The number of aryl methyl sites for hydroxylation is 1. The van der Waals surface area contributed by atoms with Crippen LogP contribution in [0.25, 0.3) is 0 Å². The molecule has 0 radical (unpaired) electrons. The van der Waals surface area contributed by atoms with Gasteiger partial charge in [-0.15, -0.1) is 0 Å². The molecular weight excluding hydrogens is 223 g/mol. The van der Waals surface area contributed by atoms with Gasteiger partial charge >= 0.3 is 0 Å². The molecule has 86 valence electrons. The zero-order chi connectivity index (χ0) is 11.8. The number of halogens is 1. The standard InChI is InChI=1S/C12H15FN2S/c1-8-4-5-9(13)10(6-8)14-11-15-12(2,3)7-16-11/h4-6H,7H2,1-3H3,(H,14,15). The zero-order valence-electron chi connectivity index (χ0n) is 9.67. The second-order valence-corrected chi connectivity index (χ2v) is 5.59. The topological polar surface area (TPSA) is 24.4 Å². The fourth-order valence-corrected chi connectivity index (χ4v) is 2.55. The van der Waals surface area contributed by atoms with Gasteiger partial charge < -0.3 is 5.32 Å². The molecule has 2 nitrogen and oxygen atoms in total. The summed E-state index contributed by atoms with van der Waals surface area (Å²) in [6.45, 7) is 6.08. The summed E-state index contributed by atoms with van der Waals surface area (Å²) in [7, 11) is 0. The maximum absolute atomic E-state index is 13.5. The van der Waals surface area contributed by atoms with Crippen molar-refractivity contribution in [3.8, 4) is 0 Å². The third kappa shape index (κ3) is 2.55. The Balaban J connectivity index is 2.19. The van der Waals surface area contributed by atoms with Crippen molar-refractivity contribution in [1.29, 1.82) is 0 Å². The first-order valence-electron chi connectivity index (χ1n) is 5.22. The Morgan fingerprint density at radius 3 is 2.81 bits per heavy atom. The quantitative estimate of drug-likeness (QED) is 0.810. The summed E-state index contributed by atoms with van der Waals surface area (Å²) in [6.07, 6.45) is 0. The third-order valence-electron chi connectivity index (χ3n) is 2.33. The van der Waals surface area contributed by atoms with Crippen LogP contribution in [0.1, 0.15) is 19.4 Å². The van der Waals surface area contributed by atoms with E-state index in [-0.39, 0.29) is 11.4 Å². The molecule has 0 bridgehead atoms. The minimum atomic E-state index is -0.237. The van der Waals surface area contributed by atoms with Gasteiger partial charge in [-0.25, -0.2) is 4.39 Å². The first-order valence-corrected chi connectivity index (χ1v) is 6.21. The second-order valence-electron chi connectivity index (χ2n) is 4.63. The van der Waals surface area contributed by atoms with E-state index >= 15 is 0 Å². The lowest BCUT2D eigenvalue weighted by atomic mass is 10.1. The normalized spacial score (nSPS) is 18.4. The number of benzene rings is 1. The molecule has 4 heteroatoms. The minimum absolute atomic E-state index is 0.0483.